The second kappa shape index (κ2) is 7.15. The number of hydrogen-bond acceptors (Lipinski definition) is 6. The van der Waals surface area contributed by atoms with Gasteiger partial charge in [0.15, 0.2) is 17.3 Å². The predicted molar refractivity (Wildman–Crippen MR) is 88.5 cm³/mol. The van der Waals surface area contributed by atoms with Crippen molar-refractivity contribution in [1.29, 1.82) is 0 Å². The molecule has 7 nitrogen and oxygen atoms in total. The average molecular weight is 359 g/mol. The molecular weight excluding hydrogens is 341 g/mol. The van der Waals surface area contributed by atoms with Crippen LogP contribution in [0, 0.1) is 5.82 Å². The van der Waals surface area contributed by atoms with Gasteiger partial charge in [-0.05, 0) is 30.5 Å². The molecule has 1 unspecified atom stereocenters. The van der Waals surface area contributed by atoms with Crippen LogP contribution in [0.4, 0.5) is 4.39 Å². The highest BCUT2D eigenvalue weighted by atomic mass is 19.1. The summed E-state index contributed by atoms with van der Waals surface area (Å²) in [7, 11) is 0. The Morgan fingerprint density at radius 1 is 1.27 bits per heavy atom. The highest BCUT2D eigenvalue weighted by Gasteiger charge is 2.26. The van der Waals surface area contributed by atoms with Crippen molar-refractivity contribution in [2.45, 2.75) is 25.4 Å². The topological polar surface area (TPSA) is 73.8 Å². The smallest absolute Gasteiger partial charge is 0.316 e. The second-order valence-corrected chi connectivity index (χ2v) is 6.27. The number of rotatable bonds is 4. The summed E-state index contributed by atoms with van der Waals surface area (Å²) in [6.07, 6.45) is 3.85. The minimum absolute atomic E-state index is 0.0252. The van der Waals surface area contributed by atoms with Gasteiger partial charge in [-0.15, -0.1) is 0 Å². The number of ether oxygens (including phenoxy) is 3. The van der Waals surface area contributed by atoms with Gasteiger partial charge in [0.05, 0.1) is 25.4 Å². The number of nitrogens with zero attached hydrogens (tertiary/aromatic N) is 3. The van der Waals surface area contributed by atoms with Crippen molar-refractivity contribution in [3.8, 4) is 17.5 Å². The van der Waals surface area contributed by atoms with Gasteiger partial charge in [-0.3, -0.25) is 4.79 Å². The SMILES string of the molecule is O=C(Cc1ccc2c(c1)OCO2)N1CCCC(Oc2ncc(F)cn2)C1. The normalized spacial score (nSPS) is 18.7. The Balaban J connectivity index is 1.36. The van der Waals surface area contributed by atoms with Crippen LogP contribution in [0.25, 0.3) is 0 Å². The van der Waals surface area contributed by atoms with Crippen LogP contribution >= 0.6 is 0 Å². The molecule has 1 saturated heterocycles. The minimum atomic E-state index is -0.512. The van der Waals surface area contributed by atoms with E-state index in [0.29, 0.717) is 24.6 Å². The number of fused-ring (bicyclic) bond motifs is 1. The number of hydrogen-bond donors (Lipinski definition) is 0. The summed E-state index contributed by atoms with van der Waals surface area (Å²) in [5, 5.41) is 0. The first-order valence-electron chi connectivity index (χ1n) is 8.48. The third-order valence-corrected chi connectivity index (χ3v) is 4.39. The molecule has 136 valence electrons. The highest BCUT2D eigenvalue weighted by Crippen LogP contribution is 2.32. The first-order chi connectivity index (χ1) is 12.7. The van der Waals surface area contributed by atoms with Crippen LogP contribution in [-0.4, -0.2) is 46.8 Å². The van der Waals surface area contributed by atoms with Crippen LogP contribution in [-0.2, 0) is 11.2 Å². The molecule has 0 saturated carbocycles. The van der Waals surface area contributed by atoms with Crippen molar-refractivity contribution >= 4 is 5.91 Å². The summed E-state index contributed by atoms with van der Waals surface area (Å²) in [6.45, 7) is 1.36. The maximum atomic E-state index is 12.9. The molecule has 1 amide bonds. The molecule has 1 fully saturated rings. The summed E-state index contributed by atoms with van der Waals surface area (Å²) in [4.78, 5) is 22.0. The number of benzene rings is 1. The zero-order valence-electron chi connectivity index (χ0n) is 14.1. The Kier molecular flexibility index (Phi) is 4.55. The number of halogens is 1. The van der Waals surface area contributed by atoms with Crippen molar-refractivity contribution in [3.05, 3.63) is 42.0 Å². The van der Waals surface area contributed by atoms with Crippen molar-refractivity contribution in [2.75, 3.05) is 19.9 Å². The first-order valence-corrected chi connectivity index (χ1v) is 8.48. The molecule has 0 N–H and O–H groups in total. The molecule has 2 aliphatic heterocycles. The summed E-state index contributed by atoms with van der Waals surface area (Å²) in [5.74, 6) is 0.884. The molecule has 8 heteroatoms. The molecule has 1 atom stereocenters. The number of likely N-dealkylation sites (tertiary alicyclic amines) is 1. The lowest BCUT2D eigenvalue weighted by Crippen LogP contribution is -2.45. The number of carbonyl (C=O) groups excluding carboxylic acids is 1. The van der Waals surface area contributed by atoms with Gasteiger partial charge in [-0.2, -0.15) is 0 Å². The molecular formula is C18H18FN3O4. The standard InChI is InChI=1S/C18H18FN3O4/c19-13-8-20-18(21-9-13)26-14-2-1-5-22(10-14)17(23)7-12-3-4-15-16(6-12)25-11-24-15/h3-4,6,8-9,14H,1-2,5,7,10-11H2. The third kappa shape index (κ3) is 3.68. The van der Waals surface area contributed by atoms with Gasteiger partial charge >= 0.3 is 6.01 Å². The highest BCUT2D eigenvalue weighted by molar-refractivity contribution is 5.79. The molecule has 26 heavy (non-hydrogen) atoms. The zero-order chi connectivity index (χ0) is 17.9. The number of amides is 1. The van der Waals surface area contributed by atoms with E-state index in [0.717, 1.165) is 30.8 Å². The maximum absolute atomic E-state index is 12.9. The van der Waals surface area contributed by atoms with Gasteiger partial charge in [-0.1, -0.05) is 6.07 Å². The van der Waals surface area contributed by atoms with Gasteiger partial charge in [0.2, 0.25) is 12.7 Å². The van der Waals surface area contributed by atoms with E-state index in [1.807, 2.05) is 18.2 Å². The summed E-state index contributed by atoms with van der Waals surface area (Å²) < 4.78 is 29.2. The van der Waals surface area contributed by atoms with E-state index in [2.05, 4.69) is 9.97 Å². The van der Waals surface area contributed by atoms with E-state index in [4.69, 9.17) is 14.2 Å². The molecule has 0 aliphatic carbocycles. The van der Waals surface area contributed by atoms with Crippen molar-refractivity contribution in [3.63, 3.8) is 0 Å². The predicted octanol–water partition coefficient (Wildman–Crippen LogP) is 1.96. The Hall–Kier alpha value is -2.90. The number of aromatic nitrogens is 2. The fourth-order valence-corrected chi connectivity index (χ4v) is 3.11. The lowest BCUT2D eigenvalue weighted by Gasteiger charge is -2.32. The van der Waals surface area contributed by atoms with Crippen molar-refractivity contribution in [2.24, 2.45) is 0 Å². The second-order valence-electron chi connectivity index (χ2n) is 6.27. The van der Waals surface area contributed by atoms with E-state index in [-0.39, 0.29) is 31.2 Å². The third-order valence-electron chi connectivity index (χ3n) is 4.39. The van der Waals surface area contributed by atoms with E-state index in [1.165, 1.54) is 0 Å². The Bertz CT molecular complexity index is 800. The Morgan fingerprint density at radius 3 is 2.92 bits per heavy atom. The molecule has 3 heterocycles. The molecule has 2 aromatic rings. The quantitative estimate of drug-likeness (QED) is 0.831. The van der Waals surface area contributed by atoms with Crippen LogP contribution in [0.15, 0.2) is 30.6 Å². The van der Waals surface area contributed by atoms with Crippen LogP contribution < -0.4 is 14.2 Å². The van der Waals surface area contributed by atoms with Crippen LogP contribution in [0.3, 0.4) is 0 Å². The molecule has 1 aromatic carbocycles. The fourth-order valence-electron chi connectivity index (χ4n) is 3.11. The molecule has 0 radical (unpaired) electrons. The molecule has 1 aromatic heterocycles. The Morgan fingerprint density at radius 2 is 2.08 bits per heavy atom. The van der Waals surface area contributed by atoms with E-state index >= 15 is 0 Å². The summed E-state index contributed by atoms with van der Waals surface area (Å²) in [6, 6.07) is 5.65. The molecule has 4 rings (SSSR count). The summed E-state index contributed by atoms with van der Waals surface area (Å²) >= 11 is 0. The minimum Gasteiger partial charge on any atom is -0.458 e. The summed E-state index contributed by atoms with van der Waals surface area (Å²) in [5.41, 5.74) is 0.879. The maximum Gasteiger partial charge on any atom is 0.316 e. The average Bonchev–Trinajstić information content (AvgIpc) is 3.12. The fraction of sp³-hybridized carbons (Fsp3) is 0.389. The van der Waals surface area contributed by atoms with Crippen LogP contribution in [0.5, 0.6) is 17.5 Å². The van der Waals surface area contributed by atoms with Gasteiger partial charge in [0.1, 0.15) is 6.10 Å². The first kappa shape index (κ1) is 16.6. The van der Waals surface area contributed by atoms with Crippen LogP contribution in [0.2, 0.25) is 0 Å². The number of carbonyl (C=O) groups is 1. The van der Waals surface area contributed by atoms with Gasteiger partial charge in [-0.25, -0.2) is 14.4 Å². The van der Waals surface area contributed by atoms with Crippen LogP contribution in [0.1, 0.15) is 18.4 Å². The lowest BCUT2D eigenvalue weighted by atomic mass is 10.1. The number of piperidine rings is 1. The zero-order valence-corrected chi connectivity index (χ0v) is 14.1. The Labute approximate surface area is 149 Å². The lowest BCUT2D eigenvalue weighted by molar-refractivity contribution is -0.133. The van der Waals surface area contributed by atoms with E-state index in [9.17, 15) is 9.18 Å². The van der Waals surface area contributed by atoms with Crippen molar-refractivity contribution < 1.29 is 23.4 Å². The van der Waals surface area contributed by atoms with Gasteiger partial charge in [0.25, 0.3) is 0 Å². The largest absolute Gasteiger partial charge is 0.458 e. The van der Waals surface area contributed by atoms with Gasteiger partial charge in [0, 0.05) is 6.54 Å². The molecule has 2 aliphatic rings. The molecule has 0 spiro atoms. The van der Waals surface area contributed by atoms with E-state index < -0.39 is 5.82 Å². The molecule has 0 bridgehead atoms. The monoisotopic (exact) mass is 359 g/mol. The van der Waals surface area contributed by atoms with Gasteiger partial charge < -0.3 is 19.1 Å². The van der Waals surface area contributed by atoms with Crippen molar-refractivity contribution in [1.82, 2.24) is 14.9 Å². The van der Waals surface area contributed by atoms with E-state index in [1.54, 1.807) is 4.90 Å².